The molecule has 0 aliphatic carbocycles. The minimum atomic E-state index is -0.159. The zero-order valence-corrected chi connectivity index (χ0v) is 16.4. The van der Waals surface area contributed by atoms with Crippen LogP contribution in [0.2, 0.25) is 0 Å². The molecule has 0 bridgehead atoms. The van der Waals surface area contributed by atoms with Crippen LogP contribution in [0, 0.1) is 0 Å². The molecule has 0 saturated carbocycles. The highest BCUT2D eigenvalue weighted by molar-refractivity contribution is 8.00. The highest BCUT2D eigenvalue weighted by Crippen LogP contribution is 2.26. The van der Waals surface area contributed by atoms with Crippen LogP contribution in [0.5, 0.6) is 0 Å². The van der Waals surface area contributed by atoms with Gasteiger partial charge >= 0.3 is 0 Å². The van der Waals surface area contributed by atoms with Crippen molar-refractivity contribution in [2.75, 3.05) is 11.1 Å². The second-order valence-electron chi connectivity index (χ2n) is 6.28. The van der Waals surface area contributed by atoms with Crippen molar-refractivity contribution in [3.8, 4) is 5.69 Å². The van der Waals surface area contributed by atoms with Crippen LogP contribution < -0.4 is 5.32 Å². The molecular weight excluding hydrogens is 386 g/mol. The predicted molar refractivity (Wildman–Crippen MR) is 112 cm³/mol. The number of hydrogen-bond acceptors (Lipinski definition) is 6. The lowest BCUT2D eigenvalue weighted by molar-refractivity contribution is -0.113. The van der Waals surface area contributed by atoms with Crippen molar-refractivity contribution in [3.05, 3.63) is 72.7 Å². The lowest BCUT2D eigenvalue weighted by Crippen LogP contribution is -2.14. The number of aromatic nitrogens is 4. The Hall–Kier alpha value is -3.52. The maximum atomic E-state index is 12.3. The third kappa shape index (κ3) is 4.17. The van der Waals surface area contributed by atoms with Crippen molar-refractivity contribution in [1.82, 2.24) is 19.7 Å². The number of amides is 1. The van der Waals surface area contributed by atoms with Gasteiger partial charge in [0.25, 0.3) is 0 Å². The standard InChI is InChI=1S/C21H17N5O2S/c1-14(27)15-7-9-16(10-8-15)25-19(28)12-29-21-18-11-24-26(20(18)22-13-23-21)17-5-3-2-4-6-17/h2-11,13H,12H2,1H3,(H,25,28). The predicted octanol–water partition coefficient (Wildman–Crippen LogP) is 3.75. The van der Waals surface area contributed by atoms with Crippen LogP contribution in [-0.4, -0.2) is 37.2 Å². The van der Waals surface area contributed by atoms with E-state index in [4.69, 9.17) is 0 Å². The Kier molecular flexibility index (Phi) is 5.35. The quantitative estimate of drug-likeness (QED) is 0.300. The summed E-state index contributed by atoms with van der Waals surface area (Å²) in [6.45, 7) is 1.51. The second-order valence-corrected chi connectivity index (χ2v) is 7.24. The maximum Gasteiger partial charge on any atom is 0.234 e. The fraction of sp³-hybridized carbons (Fsp3) is 0.0952. The fourth-order valence-corrected chi connectivity index (χ4v) is 3.58. The van der Waals surface area contributed by atoms with E-state index in [9.17, 15) is 9.59 Å². The van der Waals surface area contributed by atoms with E-state index in [-0.39, 0.29) is 17.4 Å². The van der Waals surface area contributed by atoms with Gasteiger partial charge < -0.3 is 5.32 Å². The summed E-state index contributed by atoms with van der Waals surface area (Å²) in [6, 6.07) is 16.5. The van der Waals surface area contributed by atoms with E-state index < -0.39 is 0 Å². The minimum absolute atomic E-state index is 0.0118. The molecule has 7 nitrogen and oxygen atoms in total. The van der Waals surface area contributed by atoms with Crippen molar-refractivity contribution in [1.29, 1.82) is 0 Å². The summed E-state index contributed by atoms with van der Waals surface area (Å²) < 4.78 is 1.75. The van der Waals surface area contributed by atoms with Crippen LogP contribution in [0.15, 0.2) is 72.1 Å². The molecule has 2 heterocycles. The number of thioether (sulfide) groups is 1. The zero-order valence-electron chi connectivity index (χ0n) is 15.6. The number of hydrogen-bond donors (Lipinski definition) is 1. The van der Waals surface area contributed by atoms with Crippen LogP contribution >= 0.6 is 11.8 Å². The molecule has 0 saturated heterocycles. The molecule has 0 aliphatic rings. The van der Waals surface area contributed by atoms with E-state index in [1.165, 1.54) is 25.0 Å². The Morgan fingerprint density at radius 3 is 2.52 bits per heavy atom. The molecule has 0 radical (unpaired) electrons. The Morgan fingerprint density at radius 1 is 1.03 bits per heavy atom. The summed E-state index contributed by atoms with van der Waals surface area (Å²) in [5, 5.41) is 8.72. The van der Waals surface area contributed by atoms with Gasteiger partial charge in [-0.2, -0.15) is 5.10 Å². The number of anilines is 1. The van der Waals surface area contributed by atoms with Crippen LogP contribution in [0.25, 0.3) is 16.7 Å². The monoisotopic (exact) mass is 403 g/mol. The molecule has 1 amide bonds. The first-order valence-electron chi connectivity index (χ1n) is 8.89. The van der Waals surface area contributed by atoms with E-state index >= 15 is 0 Å². The molecule has 29 heavy (non-hydrogen) atoms. The zero-order chi connectivity index (χ0) is 20.2. The molecule has 0 spiro atoms. The van der Waals surface area contributed by atoms with E-state index in [0.29, 0.717) is 21.9 Å². The van der Waals surface area contributed by atoms with Crippen molar-refractivity contribution in [2.45, 2.75) is 11.9 Å². The summed E-state index contributed by atoms with van der Waals surface area (Å²) >= 11 is 1.32. The Balaban J connectivity index is 1.46. The molecule has 2 aromatic carbocycles. The average molecular weight is 403 g/mol. The van der Waals surface area contributed by atoms with Crippen LogP contribution in [0.3, 0.4) is 0 Å². The number of ketones is 1. The van der Waals surface area contributed by atoms with Crippen molar-refractivity contribution in [2.24, 2.45) is 0 Å². The molecule has 0 unspecified atom stereocenters. The van der Waals surface area contributed by atoms with Crippen LogP contribution in [0.4, 0.5) is 5.69 Å². The third-order valence-corrected chi connectivity index (χ3v) is 5.25. The molecule has 4 rings (SSSR count). The summed E-state index contributed by atoms with van der Waals surface area (Å²) in [7, 11) is 0. The number of rotatable bonds is 6. The molecule has 144 valence electrons. The van der Waals surface area contributed by atoms with Gasteiger partial charge in [-0.05, 0) is 43.3 Å². The molecule has 0 aliphatic heterocycles. The maximum absolute atomic E-state index is 12.3. The Morgan fingerprint density at radius 2 is 1.79 bits per heavy atom. The number of carbonyl (C=O) groups is 2. The highest BCUT2D eigenvalue weighted by atomic mass is 32.2. The fourth-order valence-electron chi connectivity index (χ4n) is 2.82. The number of nitrogens with one attached hydrogen (secondary N) is 1. The van der Waals surface area contributed by atoms with E-state index in [1.807, 2.05) is 30.3 Å². The summed E-state index contributed by atoms with van der Waals surface area (Å²) in [5.74, 6) is 0.0203. The normalized spacial score (nSPS) is 10.8. The number of nitrogens with zero attached hydrogens (tertiary/aromatic N) is 4. The SMILES string of the molecule is CC(=O)c1ccc(NC(=O)CSc2ncnc3c2cnn3-c2ccccc2)cc1. The topological polar surface area (TPSA) is 89.8 Å². The van der Waals surface area contributed by atoms with E-state index in [2.05, 4.69) is 20.4 Å². The number of benzene rings is 2. The van der Waals surface area contributed by atoms with Gasteiger partial charge in [-0.1, -0.05) is 30.0 Å². The van der Waals surface area contributed by atoms with E-state index in [1.54, 1.807) is 35.1 Å². The average Bonchev–Trinajstić information content (AvgIpc) is 3.18. The van der Waals surface area contributed by atoms with E-state index in [0.717, 1.165) is 11.1 Å². The molecule has 8 heteroatoms. The minimum Gasteiger partial charge on any atom is -0.325 e. The van der Waals surface area contributed by atoms with Gasteiger partial charge in [-0.25, -0.2) is 14.6 Å². The second kappa shape index (κ2) is 8.24. The molecular formula is C21H17N5O2S. The van der Waals surface area contributed by atoms with Crippen molar-refractivity contribution >= 4 is 40.2 Å². The first kappa shape index (κ1) is 18.8. The Bertz CT molecular complexity index is 1170. The van der Waals surface area contributed by atoms with Crippen molar-refractivity contribution < 1.29 is 9.59 Å². The van der Waals surface area contributed by atoms with Gasteiger partial charge in [0.05, 0.1) is 23.0 Å². The first-order valence-corrected chi connectivity index (χ1v) is 9.88. The smallest absolute Gasteiger partial charge is 0.234 e. The lowest BCUT2D eigenvalue weighted by atomic mass is 10.1. The number of carbonyl (C=O) groups excluding carboxylic acids is 2. The van der Waals surface area contributed by atoms with Crippen LogP contribution in [-0.2, 0) is 4.79 Å². The molecule has 2 aromatic heterocycles. The number of fused-ring (bicyclic) bond motifs is 1. The van der Waals surface area contributed by atoms with Gasteiger partial charge in [0, 0.05) is 11.3 Å². The highest BCUT2D eigenvalue weighted by Gasteiger charge is 2.13. The van der Waals surface area contributed by atoms with Crippen LogP contribution in [0.1, 0.15) is 17.3 Å². The molecule has 0 atom stereocenters. The Labute approximate surface area is 171 Å². The summed E-state index contributed by atoms with van der Waals surface area (Å²) in [4.78, 5) is 32.3. The summed E-state index contributed by atoms with van der Waals surface area (Å²) in [6.07, 6.45) is 3.19. The van der Waals surface area contributed by atoms with Gasteiger partial charge in [-0.15, -0.1) is 0 Å². The number of Topliss-reactive ketones (excluding diaryl/α,β-unsaturated/α-hetero) is 1. The first-order chi connectivity index (χ1) is 14.1. The molecule has 0 fully saturated rings. The van der Waals surface area contributed by atoms with Gasteiger partial charge in [0.2, 0.25) is 5.91 Å². The van der Waals surface area contributed by atoms with Gasteiger partial charge in [0.15, 0.2) is 11.4 Å². The molecule has 4 aromatic rings. The molecule has 1 N–H and O–H groups in total. The largest absolute Gasteiger partial charge is 0.325 e. The van der Waals surface area contributed by atoms with Crippen molar-refractivity contribution in [3.63, 3.8) is 0 Å². The van der Waals surface area contributed by atoms with Gasteiger partial charge in [0.1, 0.15) is 11.4 Å². The third-order valence-electron chi connectivity index (χ3n) is 4.25. The summed E-state index contributed by atoms with van der Waals surface area (Å²) in [5.41, 5.74) is 2.85. The lowest BCUT2D eigenvalue weighted by Gasteiger charge is -2.06. The van der Waals surface area contributed by atoms with Gasteiger partial charge in [-0.3, -0.25) is 9.59 Å². The number of para-hydroxylation sites is 1.